The van der Waals surface area contributed by atoms with Gasteiger partial charge in [0, 0.05) is 16.8 Å². The zero-order valence-corrected chi connectivity index (χ0v) is 13.2. The van der Waals surface area contributed by atoms with Crippen molar-refractivity contribution in [2.24, 2.45) is 5.92 Å². The normalized spacial score (nSPS) is 21.7. The highest BCUT2D eigenvalue weighted by Gasteiger charge is 2.25. The number of carbonyl (C=O) groups is 2. The Hall–Kier alpha value is -1.55. The fourth-order valence-electron chi connectivity index (χ4n) is 2.62. The zero-order valence-electron chi connectivity index (χ0n) is 12.4. The van der Waals surface area contributed by atoms with E-state index in [9.17, 15) is 9.59 Å². The Morgan fingerprint density at radius 1 is 1.19 bits per heavy atom. The summed E-state index contributed by atoms with van der Waals surface area (Å²) in [5, 5.41) is 5.97. The van der Waals surface area contributed by atoms with Crippen molar-refractivity contribution < 1.29 is 9.59 Å². The molecule has 0 saturated heterocycles. The Bertz CT molecular complexity index is 545. The molecule has 0 aromatic heterocycles. The lowest BCUT2D eigenvalue weighted by Gasteiger charge is -2.29. The molecule has 2 amide bonds. The number of hydrogen-bond donors (Lipinski definition) is 2. The molecule has 2 atom stereocenters. The average Bonchev–Trinajstić information content (AvgIpc) is 2.45. The Balaban J connectivity index is 1.93. The minimum Gasteiger partial charge on any atom is -0.345 e. The van der Waals surface area contributed by atoms with Crippen molar-refractivity contribution in [3.8, 4) is 0 Å². The van der Waals surface area contributed by atoms with Crippen molar-refractivity contribution in [3.05, 3.63) is 28.8 Å². The van der Waals surface area contributed by atoms with E-state index in [1.165, 1.54) is 6.42 Å². The van der Waals surface area contributed by atoms with Crippen LogP contribution >= 0.6 is 11.6 Å². The minimum atomic E-state index is -0.646. The third-order valence-electron chi connectivity index (χ3n) is 4.06. The van der Waals surface area contributed by atoms with Gasteiger partial charge in [-0.2, -0.15) is 0 Å². The number of anilines is 1. The molecule has 4 nitrogen and oxygen atoms in total. The number of rotatable bonds is 2. The second-order valence-corrected chi connectivity index (χ2v) is 6.17. The Kier molecular flexibility index (Phi) is 5.23. The van der Waals surface area contributed by atoms with Crippen LogP contribution in [0.5, 0.6) is 0 Å². The zero-order chi connectivity index (χ0) is 15.4. The van der Waals surface area contributed by atoms with Crippen molar-refractivity contribution in [3.63, 3.8) is 0 Å². The summed E-state index contributed by atoms with van der Waals surface area (Å²) in [5.74, 6) is -0.803. The van der Waals surface area contributed by atoms with Gasteiger partial charge >= 0.3 is 11.8 Å². The molecule has 0 radical (unpaired) electrons. The molecular weight excluding hydrogens is 288 g/mol. The monoisotopic (exact) mass is 308 g/mol. The van der Waals surface area contributed by atoms with Gasteiger partial charge in [-0.1, -0.05) is 37.4 Å². The van der Waals surface area contributed by atoms with Gasteiger partial charge in [-0.25, -0.2) is 0 Å². The Morgan fingerprint density at radius 2 is 1.90 bits per heavy atom. The average molecular weight is 309 g/mol. The molecule has 1 aromatic carbocycles. The van der Waals surface area contributed by atoms with E-state index in [2.05, 4.69) is 17.6 Å². The van der Waals surface area contributed by atoms with Gasteiger partial charge in [0.15, 0.2) is 0 Å². The van der Waals surface area contributed by atoms with E-state index in [1.54, 1.807) is 18.2 Å². The molecule has 5 heteroatoms. The van der Waals surface area contributed by atoms with Crippen LogP contribution in [0.2, 0.25) is 5.02 Å². The first-order chi connectivity index (χ1) is 9.97. The lowest BCUT2D eigenvalue weighted by Crippen LogP contribution is -2.45. The van der Waals surface area contributed by atoms with Crippen molar-refractivity contribution >= 4 is 29.1 Å². The van der Waals surface area contributed by atoms with Crippen molar-refractivity contribution in [1.29, 1.82) is 0 Å². The predicted octanol–water partition coefficient (Wildman–Crippen LogP) is 3.28. The first kappa shape index (κ1) is 15.8. The molecule has 2 N–H and O–H groups in total. The van der Waals surface area contributed by atoms with Gasteiger partial charge in [0.25, 0.3) is 0 Å². The lowest BCUT2D eigenvalue weighted by molar-refractivity contribution is -0.137. The molecule has 1 fully saturated rings. The van der Waals surface area contributed by atoms with Crippen LogP contribution in [0.4, 0.5) is 5.69 Å². The predicted molar refractivity (Wildman–Crippen MR) is 84.4 cm³/mol. The van der Waals surface area contributed by atoms with Gasteiger partial charge in [-0.3, -0.25) is 9.59 Å². The van der Waals surface area contributed by atoms with E-state index in [-0.39, 0.29) is 6.04 Å². The maximum Gasteiger partial charge on any atom is 0.313 e. The smallest absolute Gasteiger partial charge is 0.313 e. The highest BCUT2D eigenvalue weighted by Crippen LogP contribution is 2.24. The molecule has 2 unspecified atom stereocenters. The van der Waals surface area contributed by atoms with Gasteiger partial charge in [-0.15, -0.1) is 0 Å². The van der Waals surface area contributed by atoms with Gasteiger partial charge in [-0.05, 0) is 43.4 Å². The molecule has 0 spiro atoms. The van der Waals surface area contributed by atoms with E-state index in [0.29, 0.717) is 16.6 Å². The molecule has 0 bridgehead atoms. The molecule has 21 heavy (non-hydrogen) atoms. The molecule has 2 rings (SSSR count). The first-order valence-corrected chi connectivity index (χ1v) is 7.73. The van der Waals surface area contributed by atoms with Crippen LogP contribution in [0, 0.1) is 12.8 Å². The van der Waals surface area contributed by atoms with Gasteiger partial charge in [0.05, 0.1) is 0 Å². The standard InChI is InChI=1S/C16H21ClN2O2/c1-10-7-8-12(9-13(10)17)18-15(20)16(21)19-14-6-4-3-5-11(14)2/h7-9,11,14H,3-6H2,1-2H3,(H,18,20)(H,19,21). The third kappa shape index (κ3) is 4.21. The van der Waals surface area contributed by atoms with Gasteiger partial charge in [0.1, 0.15) is 0 Å². The van der Waals surface area contributed by atoms with E-state index in [0.717, 1.165) is 24.8 Å². The molecule has 114 valence electrons. The third-order valence-corrected chi connectivity index (χ3v) is 4.47. The lowest BCUT2D eigenvalue weighted by atomic mass is 9.86. The molecule has 1 aliphatic carbocycles. The quantitative estimate of drug-likeness (QED) is 0.824. The van der Waals surface area contributed by atoms with Crippen molar-refractivity contribution in [2.45, 2.75) is 45.6 Å². The summed E-state index contributed by atoms with van der Waals surface area (Å²) in [6.45, 7) is 3.99. The number of nitrogens with one attached hydrogen (secondary N) is 2. The van der Waals surface area contributed by atoms with Crippen LogP contribution in [0.1, 0.15) is 38.2 Å². The number of benzene rings is 1. The molecule has 1 saturated carbocycles. The van der Waals surface area contributed by atoms with E-state index in [1.807, 2.05) is 6.92 Å². The number of halogens is 1. The Morgan fingerprint density at radius 3 is 2.57 bits per heavy atom. The Labute approximate surface area is 130 Å². The van der Waals surface area contributed by atoms with Crippen molar-refractivity contribution in [2.75, 3.05) is 5.32 Å². The van der Waals surface area contributed by atoms with Crippen molar-refractivity contribution in [1.82, 2.24) is 5.32 Å². The highest BCUT2D eigenvalue weighted by molar-refractivity contribution is 6.40. The summed E-state index contributed by atoms with van der Waals surface area (Å²) in [5.41, 5.74) is 1.46. The van der Waals surface area contributed by atoms with E-state index in [4.69, 9.17) is 11.6 Å². The molecule has 0 heterocycles. The minimum absolute atomic E-state index is 0.0959. The molecule has 1 aliphatic rings. The topological polar surface area (TPSA) is 58.2 Å². The second-order valence-electron chi connectivity index (χ2n) is 5.76. The summed E-state index contributed by atoms with van der Waals surface area (Å²) in [7, 11) is 0. The number of aryl methyl sites for hydroxylation is 1. The van der Waals surface area contributed by atoms with Crippen LogP contribution in [0.3, 0.4) is 0 Å². The summed E-state index contributed by atoms with van der Waals surface area (Å²) < 4.78 is 0. The van der Waals surface area contributed by atoms with Crippen LogP contribution < -0.4 is 10.6 Å². The van der Waals surface area contributed by atoms with Gasteiger partial charge < -0.3 is 10.6 Å². The highest BCUT2D eigenvalue weighted by atomic mass is 35.5. The summed E-state index contributed by atoms with van der Waals surface area (Å²) >= 11 is 6.00. The second kappa shape index (κ2) is 6.94. The number of amides is 2. The number of carbonyl (C=O) groups excluding carboxylic acids is 2. The summed E-state index contributed by atoms with van der Waals surface area (Å²) in [4.78, 5) is 23.9. The fraction of sp³-hybridized carbons (Fsp3) is 0.500. The maximum atomic E-state index is 12.0. The summed E-state index contributed by atoms with van der Waals surface area (Å²) in [6.07, 6.45) is 4.34. The van der Waals surface area contributed by atoms with Crippen LogP contribution in [-0.4, -0.2) is 17.9 Å². The largest absolute Gasteiger partial charge is 0.345 e. The van der Waals surface area contributed by atoms with Gasteiger partial charge in [0.2, 0.25) is 0 Å². The summed E-state index contributed by atoms with van der Waals surface area (Å²) in [6, 6.07) is 5.28. The maximum absolute atomic E-state index is 12.0. The van der Waals surface area contributed by atoms with E-state index >= 15 is 0 Å². The van der Waals surface area contributed by atoms with Crippen LogP contribution in [0.25, 0.3) is 0 Å². The molecule has 1 aromatic rings. The van der Waals surface area contributed by atoms with Crippen LogP contribution in [-0.2, 0) is 9.59 Å². The van der Waals surface area contributed by atoms with E-state index < -0.39 is 11.8 Å². The first-order valence-electron chi connectivity index (χ1n) is 7.35. The molecule has 0 aliphatic heterocycles. The number of hydrogen-bond acceptors (Lipinski definition) is 2. The fourth-order valence-corrected chi connectivity index (χ4v) is 2.80. The molecular formula is C16H21ClN2O2. The van der Waals surface area contributed by atoms with Crippen LogP contribution in [0.15, 0.2) is 18.2 Å². The SMILES string of the molecule is Cc1ccc(NC(=O)C(=O)NC2CCCCC2C)cc1Cl.